The topological polar surface area (TPSA) is 3.24 Å². The highest BCUT2D eigenvalue weighted by Crippen LogP contribution is 2.46. The van der Waals surface area contributed by atoms with E-state index in [2.05, 4.69) is 11.9 Å². The van der Waals surface area contributed by atoms with Gasteiger partial charge in [-0.05, 0) is 51.0 Å². The number of nitrogens with zero attached hydrogens (tertiary/aromatic N) is 1. The highest BCUT2D eigenvalue weighted by atomic mass is 15.2. The van der Waals surface area contributed by atoms with Gasteiger partial charge in [0.05, 0.1) is 0 Å². The SMILES string of the molecule is CN1C2CCC1C1CCC(C1)C2. The van der Waals surface area contributed by atoms with Gasteiger partial charge in [-0.3, -0.25) is 0 Å². The predicted octanol–water partition coefficient (Wildman–Crippen LogP) is 2.27. The highest BCUT2D eigenvalue weighted by molar-refractivity contribution is 4.98. The molecule has 1 nitrogen and oxygen atoms in total. The Balaban J connectivity index is 1.90. The quantitative estimate of drug-likeness (QED) is 0.532. The zero-order valence-electron chi connectivity index (χ0n) is 8.00. The van der Waals surface area contributed by atoms with Crippen LogP contribution in [0.3, 0.4) is 0 Å². The molecule has 3 rings (SSSR count). The van der Waals surface area contributed by atoms with Crippen LogP contribution in [0.25, 0.3) is 0 Å². The van der Waals surface area contributed by atoms with Crippen LogP contribution in [0.5, 0.6) is 0 Å². The van der Waals surface area contributed by atoms with E-state index in [9.17, 15) is 0 Å². The first-order valence-electron chi connectivity index (χ1n) is 5.56. The van der Waals surface area contributed by atoms with E-state index in [1.54, 1.807) is 12.8 Å². The molecule has 68 valence electrons. The summed E-state index contributed by atoms with van der Waals surface area (Å²) in [6, 6.07) is 1.94. The Bertz CT molecular complexity index is 189. The van der Waals surface area contributed by atoms with Gasteiger partial charge in [-0.25, -0.2) is 0 Å². The van der Waals surface area contributed by atoms with E-state index < -0.39 is 0 Å². The fourth-order valence-electron chi connectivity index (χ4n) is 3.96. The normalized spacial score (nSPS) is 52.8. The van der Waals surface area contributed by atoms with E-state index in [4.69, 9.17) is 0 Å². The summed E-state index contributed by atoms with van der Waals surface area (Å²) in [6.45, 7) is 0. The summed E-state index contributed by atoms with van der Waals surface area (Å²) in [5.74, 6) is 2.18. The zero-order valence-corrected chi connectivity index (χ0v) is 8.00. The fraction of sp³-hybridized carbons (Fsp3) is 1.00. The van der Waals surface area contributed by atoms with Crippen LogP contribution >= 0.6 is 0 Å². The molecule has 2 aliphatic heterocycles. The Morgan fingerprint density at radius 3 is 2.83 bits per heavy atom. The molecule has 12 heavy (non-hydrogen) atoms. The van der Waals surface area contributed by atoms with E-state index in [-0.39, 0.29) is 0 Å². The summed E-state index contributed by atoms with van der Waals surface area (Å²) >= 11 is 0. The Morgan fingerprint density at radius 2 is 1.92 bits per heavy atom. The Morgan fingerprint density at radius 1 is 1.00 bits per heavy atom. The van der Waals surface area contributed by atoms with Gasteiger partial charge in [0, 0.05) is 12.1 Å². The maximum atomic E-state index is 2.70. The molecule has 1 saturated carbocycles. The molecule has 2 heterocycles. The van der Waals surface area contributed by atoms with Gasteiger partial charge in [0.15, 0.2) is 0 Å². The van der Waals surface area contributed by atoms with Crippen LogP contribution in [0.1, 0.15) is 38.5 Å². The van der Waals surface area contributed by atoms with Gasteiger partial charge in [0.25, 0.3) is 0 Å². The summed E-state index contributed by atoms with van der Waals surface area (Å²) in [5, 5.41) is 0. The van der Waals surface area contributed by atoms with Crippen LogP contribution in [-0.2, 0) is 0 Å². The molecular formula is C11H19N. The molecule has 0 radical (unpaired) electrons. The average Bonchev–Trinajstić information content (AvgIpc) is 2.55. The van der Waals surface area contributed by atoms with Gasteiger partial charge < -0.3 is 4.90 Å². The first-order chi connectivity index (χ1) is 5.84. The summed E-state index contributed by atoms with van der Waals surface area (Å²) in [7, 11) is 2.36. The monoisotopic (exact) mass is 165 g/mol. The zero-order chi connectivity index (χ0) is 8.13. The molecule has 0 amide bonds. The van der Waals surface area contributed by atoms with Crippen LogP contribution in [-0.4, -0.2) is 24.0 Å². The van der Waals surface area contributed by atoms with Crippen molar-refractivity contribution in [3.8, 4) is 0 Å². The molecule has 0 N–H and O–H groups in total. The van der Waals surface area contributed by atoms with Crippen LogP contribution in [0.2, 0.25) is 0 Å². The second kappa shape index (κ2) is 2.47. The van der Waals surface area contributed by atoms with E-state index in [0.717, 1.165) is 23.9 Å². The lowest BCUT2D eigenvalue weighted by molar-refractivity contribution is 0.188. The average molecular weight is 165 g/mol. The molecule has 3 fully saturated rings. The first-order valence-corrected chi connectivity index (χ1v) is 5.56. The van der Waals surface area contributed by atoms with Crippen molar-refractivity contribution in [1.29, 1.82) is 0 Å². The van der Waals surface area contributed by atoms with Crippen LogP contribution < -0.4 is 0 Å². The summed E-state index contributed by atoms with van der Waals surface area (Å²) in [6.07, 6.45) is 9.15. The Kier molecular flexibility index (Phi) is 1.52. The molecule has 0 aromatic carbocycles. The maximum Gasteiger partial charge on any atom is 0.0124 e. The Hall–Kier alpha value is -0.0400. The molecule has 1 heteroatoms. The van der Waals surface area contributed by atoms with Crippen LogP contribution in [0.4, 0.5) is 0 Å². The number of fused-ring (bicyclic) bond motifs is 5. The van der Waals surface area contributed by atoms with Crippen LogP contribution in [0.15, 0.2) is 0 Å². The number of hydrogen-bond donors (Lipinski definition) is 0. The maximum absolute atomic E-state index is 2.70. The van der Waals surface area contributed by atoms with Gasteiger partial charge in [-0.1, -0.05) is 6.42 Å². The minimum atomic E-state index is 0.963. The van der Waals surface area contributed by atoms with E-state index >= 15 is 0 Å². The lowest BCUT2D eigenvalue weighted by atomic mass is 9.91. The van der Waals surface area contributed by atoms with E-state index in [1.165, 1.54) is 25.7 Å². The van der Waals surface area contributed by atoms with Gasteiger partial charge in [-0.2, -0.15) is 0 Å². The minimum Gasteiger partial charge on any atom is -0.300 e. The smallest absolute Gasteiger partial charge is 0.0124 e. The van der Waals surface area contributed by atoms with E-state index in [0.29, 0.717) is 0 Å². The standard InChI is InChI=1S/C11H19N/c1-12-10-4-5-11(12)9-3-2-8(6-9)7-10/h8-11H,2-7H2,1H3. The molecule has 4 atom stereocenters. The Labute approximate surface area is 75.1 Å². The number of hydrogen-bond acceptors (Lipinski definition) is 1. The third kappa shape index (κ3) is 0.891. The van der Waals surface area contributed by atoms with Gasteiger partial charge in [0.2, 0.25) is 0 Å². The summed E-state index contributed by atoms with van der Waals surface area (Å²) < 4.78 is 0. The van der Waals surface area contributed by atoms with Gasteiger partial charge >= 0.3 is 0 Å². The molecule has 3 aliphatic rings. The molecule has 0 spiro atoms. The van der Waals surface area contributed by atoms with Crippen molar-refractivity contribution in [2.45, 2.75) is 50.6 Å². The summed E-state index contributed by atoms with van der Waals surface area (Å²) in [5.41, 5.74) is 0. The molecule has 0 aromatic heterocycles. The van der Waals surface area contributed by atoms with Gasteiger partial charge in [-0.15, -0.1) is 0 Å². The lowest BCUT2D eigenvalue weighted by Gasteiger charge is -2.28. The summed E-state index contributed by atoms with van der Waals surface area (Å²) in [4.78, 5) is 2.70. The first kappa shape index (κ1) is 7.37. The van der Waals surface area contributed by atoms with Crippen molar-refractivity contribution >= 4 is 0 Å². The largest absolute Gasteiger partial charge is 0.300 e. The molecule has 4 bridgehead atoms. The fourth-order valence-corrected chi connectivity index (χ4v) is 3.96. The van der Waals surface area contributed by atoms with E-state index in [1.807, 2.05) is 0 Å². The number of rotatable bonds is 0. The van der Waals surface area contributed by atoms with Crippen molar-refractivity contribution in [1.82, 2.24) is 4.90 Å². The van der Waals surface area contributed by atoms with Crippen molar-refractivity contribution in [3.63, 3.8) is 0 Å². The van der Waals surface area contributed by atoms with Crippen molar-refractivity contribution in [3.05, 3.63) is 0 Å². The molecule has 2 saturated heterocycles. The minimum absolute atomic E-state index is 0.963. The molecule has 4 unspecified atom stereocenters. The lowest BCUT2D eigenvalue weighted by Crippen LogP contribution is -2.35. The van der Waals surface area contributed by atoms with Crippen molar-refractivity contribution in [2.75, 3.05) is 7.05 Å². The van der Waals surface area contributed by atoms with Crippen LogP contribution in [0, 0.1) is 11.8 Å². The van der Waals surface area contributed by atoms with Gasteiger partial charge in [0.1, 0.15) is 0 Å². The predicted molar refractivity (Wildman–Crippen MR) is 50.0 cm³/mol. The third-order valence-electron chi connectivity index (χ3n) is 4.63. The highest BCUT2D eigenvalue weighted by Gasteiger charge is 2.43. The van der Waals surface area contributed by atoms with Crippen molar-refractivity contribution in [2.24, 2.45) is 11.8 Å². The van der Waals surface area contributed by atoms with Crippen molar-refractivity contribution < 1.29 is 0 Å². The molecule has 0 aromatic rings. The second-order valence-corrected chi connectivity index (χ2v) is 5.14. The second-order valence-electron chi connectivity index (χ2n) is 5.14. The molecule has 1 aliphatic carbocycles. The third-order valence-corrected chi connectivity index (χ3v) is 4.63. The molecular weight excluding hydrogens is 146 g/mol.